The lowest BCUT2D eigenvalue weighted by Crippen LogP contribution is -2.18. The lowest BCUT2D eigenvalue weighted by molar-refractivity contribution is 0.667. The van der Waals surface area contributed by atoms with E-state index in [-0.39, 0.29) is 5.43 Å². The van der Waals surface area contributed by atoms with Gasteiger partial charge >= 0.3 is 0 Å². The van der Waals surface area contributed by atoms with Crippen molar-refractivity contribution >= 4 is 22.5 Å². The summed E-state index contributed by atoms with van der Waals surface area (Å²) in [6.07, 6.45) is 4.17. The molecule has 82 valence electrons. The van der Waals surface area contributed by atoms with Crippen LogP contribution in [0.2, 0.25) is 5.02 Å². The first-order valence-corrected chi connectivity index (χ1v) is 5.97. The summed E-state index contributed by atoms with van der Waals surface area (Å²) in [6.45, 7) is 0. The minimum absolute atomic E-state index is 0.158. The van der Waals surface area contributed by atoms with Crippen molar-refractivity contribution in [1.82, 2.24) is 4.98 Å². The molecule has 0 unspecified atom stereocenters. The number of fused-ring (bicyclic) bond motifs is 2. The van der Waals surface area contributed by atoms with E-state index < -0.39 is 0 Å². The number of benzene rings is 1. The summed E-state index contributed by atoms with van der Waals surface area (Å²) < 4.78 is 0. The zero-order chi connectivity index (χ0) is 11.1. The first-order valence-electron chi connectivity index (χ1n) is 5.59. The topological polar surface area (TPSA) is 32.9 Å². The molecule has 1 N–H and O–H groups in total. The number of nitrogens with one attached hydrogen (secondary N) is 1. The third-order valence-corrected chi connectivity index (χ3v) is 3.49. The summed E-state index contributed by atoms with van der Waals surface area (Å²) in [5, 5.41) is 1.34. The molecule has 1 aromatic heterocycles. The normalized spacial score (nSPS) is 15.1. The van der Waals surface area contributed by atoms with Crippen LogP contribution in [0.5, 0.6) is 0 Å². The Hall–Kier alpha value is -1.28. The summed E-state index contributed by atoms with van der Waals surface area (Å²) in [6, 6.07) is 5.45. The van der Waals surface area contributed by atoms with E-state index in [0.717, 1.165) is 36.0 Å². The van der Waals surface area contributed by atoms with Gasteiger partial charge in [0.15, 0.2) is 5.43 Å². The highest BCUT2D eigenvalue weighted by molar-refractivity contribution is 6.31. The van der Waals surface area contributed by atoms with Crippen molar-refractivity contribution in [2.45, 2.75) is 25.7 Å². The Bertz CT molecular complexity index is 615. The second-order valence-electron chi connectivity index (χ2n) is 4.31. The molecule has 1 aliphatic rings. The molecule has 2 nitrogen and oxygen atoms in total. The first-order chi connectivity index (χ1) is 7.75. The molecule has 0 amide bonds. The number of aromatic nitrogens is 1. The zero-order valence-corrected chi connectivity index (χ0v) is 9.60. The van der Waals surface area contributed by atoms with Crippen LogP contribution in [-0.2, 0) is 12.8 Å². The molecule has 1 aliphatic carbocycles. The fourth-order valence-electron chi connectivity index (χ4n) is 2.43. The fourth-order valence-corrected chi connectivity index (χ4v) is 2.60. The number of rotatable bonds is 0. The van der Waals surface area contributed by atoms with Gasteiger partial charge in [-0.2, -0.15) is 0 Å². The number of hydrogen-bond donors (Lipinski definition) is 1. The van der Waals surface area contributed by atoms with Crippen molar-refractivity contribution in [3.8, 4) is 0 Å². The van der Waals surface area contributed by atoms with Gasteiger partial charge in [0.05, 0.1) is 0 Å². The molecule has 0 saturated heterocycles. The summed E-state index contributed by atoms with van der Waals surface area (Å²) >= 11 is 5.92. The predicted molar refractivity (Wildman–Crippen MR) is 66.2 cm³/mol. The first kappa shape index (κ1) is 9.91. The maximum Gasteiger partial charge on any atom is 0.192 e. The molecule has 0 aliphatic heterocycles. The van der Waals surface area contributed by atoms with Gasteiger partial charge in [0.2, 0.25) is 0 Å². The van der Waals surface area contributed by atoms with E-state index in [2.05, 4.69) is 4.98 Å². The molecular formula is C13H12ClNO. The van der Waals surface area contributed by atoms with E-state index in [9.17, 15) is 4.79 Å². The standard InChI is InChI=1S/C13H12ClNO/c14-8-5-6-12-10(7-8)13(16)9-3-1-2-4-11(9)15-12/h5-7H,1-4H2,(H,15,16). The van der Waals surface area contributed by atoms with Gasteiger partial charge in [0, 0.05) is 27.2 Å². The molecule has 0 spiro atoms. The molecule has 0 atom stereocenters. The number of halogens is 1. The highest BCUT2D eigenvalue weighted by Gasteiger charge is 2.15. The van der Waals surface area contributed by atoms with Crippen LogP contribution in [-0.4, -0.2) is 4.98 Å². The van der Waals surface area contributed by atoms with Crippen LogP contribution >= 0.6 is 11.6 Å². The van der Waals surface area contributed by atoms with Crippen molar-refractivity contribution in [1.29, 1.82) is 0 Å². The van der Waals surface area contributed by atoms with Crippen molar-refractivity contribution < 1.29 is 0 Å². The van der Waals surface area contributed by atoms with Crippen LogP contribution in [0, 0.1) is 0 Å². The van der Waals surface area contributed by atoms with Crippen LogP contribution in [0.1, 0.15) is 24.1 Å². The number of aromatic amines is 1. The molecule has 1 heterocycles. The summed E-state index contributed by atoms with van der Waals surface area (Å²) in [4.78, 5) is 15.6. The van der Waals surface area contributed by atoms with Crippen molar-refractivity contribution in [3.05, 3.63) is 44.7 Å². The molecule has 2 aromatic rings. The van der Waals surface area contributed by atoms with Crippen LogP contribution in [0.4, 0.5) is 0 Å². The van der Waals surface area contributed by atoms with Crippen LogP contribution in [0.15, 0.2) is 23.0 Å². The van der Waals surface area contributed by atoms with Gasteiger partial charge in [-0.25, -0.2) is 0 Å². The maximum atomic E-state index is 12.2. The smallest absolute Gasteiger partial charge is 0.192 e. The van der Waals surface area contributed by atoms with Crippen LogP contribution in [0.3, 0.4) is 0 Å². The number of hydrogen-bond acceptors (Lipinski definition) is 1. The van der Waals surface area contributed by atoms with E-state index >= 15 is 0 Å². The number of aryl methyl sites for hydroxylation is 1. The maximum absolute atomic E-state index is 12.2. The molecule has 0 bridgehead atoms. The third-order valence-electron chi connectivity index (χ3n) is 3.25. The average Bonchev–Trinajstić information content (AvgIpc) is 2.31. The quantitative estimate of drug-likeness (QED) is 0.745. The fraction of sp³-hybridized carbons (Fsp3) is 0.308. The predicted octanol–water partition coefficient (Wildman–Crippen LogP) is 3.06. The van der Waals surface area contributed by atoms with Crippen molar-refractivity contribution in [3.63, 3.8) is 0 Å². The Kier molecular flexibility index (Phi) is 2.25. The van der Waals surface area contributed by atoms with Gasteiger partial charge in [-0.15, -0.1) is 0 Å². The van der Waals surface area contributed by atoms with Gasteiger partial charge in [0.25, 0.3) is 0 Å². The molecule has 1 aromatic carbocycles. The Morgan fingerprint density at radius 2 is 2.00 bits per heavy atom. The Balaban J connectivity index is 2.40. The molecule has 3 rings (SSSR count). The summed E-state index contributed by atoms with van der Waals surface area (Å²) in [7, 11) is 0. The summed E-state index contributed by atoms with van der Waals surface area (Å²) in [5.41, 5.74) is 3.13. The van der Waals surface area contributed by atoms with Gasteiger partial charge in [0.1, 0.15) is 0 Å². The number of pyridine rings is 1. The molecule has 3 heteroatoms. The van der Waals surface area contributed by atoms with E-state index in [1.54, 1.807) is 6.07 Å². The lowest BCUT2D eigenvalue weighted by atomic mass is 9.94. The average molecular weight is 234 g/mol. The Morgan fingerprint density at radius 3 is 2.88 bits per heavy atom. The molecule has 0 fully saturated rings. The van der Waals surface area contributed by atoms with Gasteiger partial charge in [-0.05, 0) is 43.9 Å². The lowest BCUT2D eigenvalue weighted by Gasteiger charge is -2.15. The second-order valence-corrected chi connectivity index (χ2v) is 4.74. The largest absolute Gasteiger partial charge is 0.358 e. The summed E-state index contributed by atoms with van der Waals surface area (Å²) in [5.74, 6) is 0. The molecule has 0 saturated carbocycles. The highest BCUT2D eigenvalue weighted by Crippen LogP contribution is 2.21. The Labute approximate surface area is 98.3 Å². The SMILES string of the molecule is O=c1c2c([nH]c3ccc(Cl)cc13)CCCC2. The second kappa shape index (κ2) is 3.63. The minimum atomic E-state index is 0.158. The van der Waals surface area contributed by atoms with E-state index in [1.807, 2.05) is 12.1 Å². The van der Waals surface area contributed by atoms with Crippen molar-refractivity contribution in [2.24, 2.45) is 0 Å². The third kappa shape index (κ3) is 1.45. The Morgan fingerprint density at radius 1 is 1.19 bits per heavy atom. The molecular weight excluding hydrogens is 222 g/mol. The zero-order valence-electron chi connectivity index (χ0n) is 8.85. The number of H-pyrrole nitrogens is 1. The minimum Gasteiger partial charge on any atom is -0.358 e. The van der Waals surface area contributed by atoms with Gasteiger partial charge < -0.3 is 4.98 Å². The van der Waals surface area contributed by atoms with E-state index in [1.165, 1.54) is 6.42 Å². The monoisotopic (exact) mass is 233 g/mol. The highest BCUT2D eigenvalue weighted by atomic mass is 35.5. The van der Waals surface area contributed by atoms with Crippen LogP contribution in [0.25, 0.3) is 10.9 Å². The van der Waals surface area contributed by atoms with Crippen LogP contribution < -0.4 is 5.43 Å². The van der Waals surface area contributed by atoms with Gasteiger partial charge in [-0.3, -0.25) is 4.79 Å². The van der Waals surface area contributed by atoms with E-state index in [4.69, 9.17) is 11.6 Å². The van der Waals surface area contributed by atoms with Crippen molar-refractivity contribution in [2.75, 3.05) is 0 Å². The molecule has 16 heavy (non-hydrogen) atoms. The molecule has 0 radical (unpaired) electrons. The van der Waals surface area contributed by atoms with E-state index in [0.29, 0.717) is 10.4 Å². The van der Waals surface area contributed by atoms with Gasteiger partial charge in [-0.1, -0.05) is 11.6 Å².